The Morgan fingerprint density at radius 2 is 1.86 bits per heavy atom. The van der Waals surface area contributed by atoms with Gasteiger partial charge in [-0.25, -0.2) is 15.0 Å². The van der Waals surface area contributed by atoms with Crippen LogP contribution in [-0.4, -0.2) is 42.7 Å². The first kappa shape index (κ1) is 17.8. The van der Waals surface area contributed by atoms with Gasteiger partial charge in [0.1, 0.15) is 5.70 Å². The Balaban J connectivity index is 3.10. The minimum atomic E-state index is -0.833. The van der Waals surface area contributed by atoms with E-state index >= 15 is 0 Å². The van der Waals surface area contributed by atoms with E-state index in [2.05, 4.69) is 10.7 Å². The molecular weight excluding hydrogens is 290 g/mol. The number of nitrogens with zero attached hydrogens (tertiary/aromatic N) is 1. The van der Waals surface area contributed by atoms with E-state index in [9.17, 15) is 14.4 Å². The van der Waals surface area contributed by atoms with Crippen molar-refractivity contribution in [2.24, 2.45) is 0 Å². The van der Waals surface area contributed by atoms with E-state index in [0.717, 1.165) is 17.9 Å². The molecule has 1 aliphatic rings. The molecule has 1 aliphatic heterocycles. The third-order valence-corrected chi connectivity index (χ3v) is 2.96. The third kappa shape index (κ3) is 4.94. The van der Waals surface area contributed by atoms with Crippen LogP contribution in [0, 0.1) is 0 Å². The van der Waals surface area contributed by atoms with Crippen molar-refractivity contribution in [1.82, 2.24) is 15.8 Å². The monoisotopic (exact) mass is 313 g/mol. The summed E-state index contributed by atoms with van der Waals surface area (Å²) in [7, 11) is 0. The molecule has 1 fully saturated rings. The second kappa shape index (κ2) is 8.91. The number of ether oxygens (including phenoxy) is 2. The third-order valence-electron chi connectivity index (χ3n) is 2.96. The highest BCUT2D eigenvalue weighted by molar-refractivity contribution is 5.97. The average Bonchev–Trinajstić information content (AvgIpc) is 2.48. The predicted octanol–water partition coefficient (Wildman–Crippen LogP) is 1.68. The van der Waals surface area contributed by atoms with Gasteiger partial charge >= 0.3 is 12.2 Å². The predicted molar refractivity (Wildman–Crippen MR) is 78.6 cm³/mol. The lowest BCUT2D eigenvalue weighted by Crippen LogP contribution is -2.49. The maximum absolute atomic E-state index is 12.1. The van der Waals surface area contributed by atoms with E-state index in [0.29, 0.717) is 18.7 Å². The van der Waals surface area contributed by atoms with E-state index < -0.39 is 12.2 Å². The molecule has 2 amide bonds. The zero-order chi connectivity index (χ0) is 16.5. The second-order valence-electron chi connectivity index (χ2n) is 4.63. The van der Waals surface area contributed by atoms with Crippen LogP contribution in [0.4, 0.5) is 9.59 Å². The summed E-state index contributed by atoms with van der Waals surface area (Å²) < 4.78 is 9.67. The van der Waals surface area contributed by atoms with Gasteiger partial charge in [0.2, 0.25) is 0 Å². The molecule has 124 valence electrons. The summed E-state index contributed by atoms with van der Waals surface area (Å²) in [6.45, 7) is 5.58. The summed E-state index contributed by atoms with van der Waals surface area (Å²) in [6.07, 6.45) is 0.843. The van der Waals surface area contributed by atoms with Gasteiger partial charge in [-0.3, -0.25) is 4.79 Å². The molecule has 0 radical (unpaired) electrons. The molecule has 0 unspecified atom stereocenters. The number of hydrogen-bond donors (Lipinski definition) is 2. The summed E-state index contributed by atoms with van der Waals surface area (Å²) in [6, 6.07) is 0. The number of piperidine rings is 1. The van der Waals surface area contributed by atoms with Crippen LogP contribution in [0.25, 0.3) is 0 Å². The fourth-order valence-electron chi connectivity index (χ4n) is 2.10. The van der Waals surface area contributed by atoms with E-state index in [1.807, 2.05) is 0 Å². The molecule has 22 heavy (non-hydrogen) atoms. The highest BCUT2D eigenvalue weighted by Crippen LogP contribution is 2.18. The fourth-order valence-corrected chi connectivity index (χ4v) is 2.10. The maximum Gasteiger partial charge on any atom is 0.433 e. The molecule has 8 heteroatoms. The van der Waals surface area contributed by atoms with Crippen molar-refractivity contribution in [3.63, 3.8) is 0 Å². The number of nitrogens with one attached hydrogen (secondary N) is 2. The Labute approximate surface area is 129 Å². The van der Waals surface area contributed by atoms with Crippen LogP contribution in [-0.2, 0) is 14.3 Å². The molecule has 0 aromatic heterocycles. The van der Waals surface area contributed by atoms with Crippen molar-refractivity contribution in [2.75, 3.05) is 19.8 Å². The molecule has 1 rings (SSSR count). The fraction of sp³-hybridized carbons (Fsp3) is 0.643. The summed E-state index contributed by atoms with van der Waals surface area (Å²) in [5, 5.41) is 3.92. The molecule has 0 spiro atoms. The van der Waals surface area contributed by atoms with Gasteiger partial charge in [-0.15, -0.1) is 0 Å². The number of allylic oxidation sites excluding steroid dienone is 2. The van der Waals surface area contributed by atoms with Gasteiger partial charge in [0.15, 0.2) is 5.78 Å². The molecular formula is C14H23N3O5. The number of carbonyl (C=O) groups is 3. The molecule has 1 heterocycles. The van der Waals surface area contributed by atoms with E-state index in [1.165, 1.54) is 6.92 Å². The van der Waals surface area contributed by atoms with E-state index in [1.54, 1.807) is 13.8 Å². The molecule has 8 nitrogen and oxygen atoms in total. The van der Waals surface area contributed by atoms with Gasteiger partial charge in [0, 0.05) is 19.2 Å². The first-order chi connectivity index (χ1) is 10.5. The lowest BCUT2D eigenvalue weighted by Gasteiger charge is -2.27. The minimum Gasteiger partial charge on any atom is -0.449 e. The normalized spacial score (nSPS) is 16.1. The van der Waals surface area contributed by atoms with Crippen molar-refractivity contribution in [1.29, 1.82) is 0 Å². The molecule has 0 atom stereocenters. The Kier molecular flexibility index (Phi) is 7.21. The molecule has 1 saturated heterocycles. The van der Waals surface area contributed by atoms with Crippen LogP contribution in [0.15, 0.2) is 11.4 Å². The highest BCUT2D eigenvalue weighted by Gasteiger charge is 2.29. The van der Waals surface area contributed by atoms with Crippen molar-refractivity contribution < 1.29 is 23.9 Å². The van der Waals surface area contributed by atoms with Gasteiger partial charge in [-0.05, 0) is 33.1 Å². The Morgan fingerprint density at radius 3 is 2.36 bits per heavy atom. The number of ketones is 1. The summed E-state index contributed by atoms with van der Waals surface area (Å²) in [4.78, 5) is 35.7. The molecule has 0 bridgehead atoms. The highest BCUT2D eigenvalue weighted by atomic mass is 16.6. The van der Waals surface area contributed by atoms with Gasteiger partial charge < -0.3 is 14.8 Å². The Morgan fingerprint density at radius 1 is 1.18 bits per heavy atom. The largest absolute Gasteiger partial charge is 0.449 e. The Hall–Kier alpha value is -2.25. The maximum atomic E-state index is 12.1. The Bertz CT molecular complexity index is 453. The standard InChI is InChI=1S/C14H23N3O5/c1-4-21-13(19)16-17(14(20)22-5-2)12(10(3)18)11-8-6-7-9-15-11/h15H,4-9H2,1-3H3,(H,16,19)/b12-11+. The number of carbonyl (C=O) groups excluding carboxylic acids is 3. The zero-order valence-corrected chi connectivity index (χ0v) is 13.2. The van der Waals surface area contributed by atoms with Crippen LogP contribution in [0.3, 0.4) is 0 Å². The van der Waals surface area contributed by atoms with Gasteiger partial charge in [-0.1, -0.05) is 0 Å². The molecule has 0 aromatic rings. The van der Waals surface area contributed by atoms with Crippen LogP contribution >= 0.6 is 0 Å². The van der Waals surface area contributed by atoms with Crippen LogP contribution < -0.4 is 10.7 Å². The summed E-state index contributed by atoms with van der Waals surface area (Å²) in [5.74, 6) is -0.353. The summed E-state index contributed by atoms with van der Waals surface area (Å²) in [5.41, 5.74) is 2.95. The molecule has 0 aromatic carbocycles. The molecule has 0 saturated carbocycles. The zero-order valence-electron chi connectivity index (χ0n) is 13.2. The quantitative estimate of drug-likeness (QED) is 0.605. The van der Waals surface area contributed by atoms with Crippen LogP contribution in [0.5, 0.6) is 0 Å². The smallest absolute Gasteiger partial charge is 0.433 e. The first-order valence-corrected chi connectivity index (χ1v) is 7.39. The lowest BCUT2D eigenvalue weighted by atomic mass is 10.1. The SMILES string of the molecule is CCOC(=O)NN(C(=O)OCC)/C(C(C)=O)=C1\CCCCN1. The number of hydrazine groups is 1. The van der Waals surface area contributed by atoms with Crippen molar-refractivity contribution >= 4 is 18.0 Å². The number of rotatable bonds is 4. The summed E-state index contributed by atoms with van der Waals surface area (Å²) >= 11 is 0. The number of Topliss-reactive ketones (excluding diaryl/α,β-unsaturated/α-hetero) is 1. The first-order valence-electron chi connectivity index (χ1n) is 7.39. The van der Waals surface area contributed by atoms with Crippen molar-refractivity contribution in [3.8, 4) is 0 Å². The molecule has 0 aliphatic carbocycles. The van der Waals surface area contributed by atoms with E-state index in [4.69, 9.17) is 9.47 Å². The number of amides is 2. The van der Waals surface area contributed by atoms with Crippen molar-refractivity contribution in [3.05, 3.63) is 11.4 Å². The minimum absolute atomic E-state index is 0.0752. The second-order valence-corrected chi connectivity index (χ2v) is 4.63. The van der Waals surface area contributed by atoms with Gasteiger partial charge in [0.05, 0.1) is 13.2 Å². The van der Waals surface area contributed by atoms with E-state index in [-0.39, 0.29) is 24.7 Å². The van der Waals surface area contributed by atoms with Crippen LogP contribution in [0.2, 0.25) is 0 Å². The van der Waals surface area contributed by atoms with Gasteiger partial charge in [-0.2, -0.15) is 5.01 Å². The van der Waals surface area contributed by atoms with Gasteiger partial charge in [0.25, 0.3) is 0 Å². The topological polar surface area (TPSA) is 97.0 Å². The average molecular weight is 313 g/mol. The number of hydrogen-bond acceptors (Lipinski definition) is 6. The molecule has 2 N–H and O–H groups in total. The lowest BCUT2D eigenvalue weighted by molar-refractivity contribution is -0.115. The van der Waals surface area contributed by atoms with Crippen molar-refractivity contribution in [2.45, 2.75) is 40.0 Å². The van der Waals surface area contributed by atoms with Crippen LogP contribution in [0.1, 0.15) is 40.0 Å².